The molecular formula is C13H17N3O. The molecule has 1 aromatic rings. The Morgan fingerprint density at radius 2 is 1.94 bits per heavy atom. The van der Waals surface area contributed by atoms with E-state index in [-0.39, 0.29) is 0 Å². The number of hydrogen-bond acceptors (Lipinski definition) is 4. The van der Waals surface area contributed by atoms with Crippen molar-refractivity contribution in [3.8, 4) is 0 Å². The highest BCUT2D eigenvalue weighted by molar-refractivity contribution is 5.80. The van der Waals surface area contributed by atoms with Crippen LogP contribution in [0.4, 0.5) is 5.69 Å². The first kappa shape index (κ1) is 11.9. The Labute approximate surface area is 101 Å². The maximum Gasteiger partial charge on any atom is 0.108 e. The van der Waals surface area contributed by atoms with Crippen molar-refractivity contribution in [2.45, 2.75) is 12.8 Å². The molecule has 4 heteroatoms. The number of nitrogens with one attached hydrogen (secondary N) is 1. The van der Waals surface area contributed by atoms with Crippen LogP contribution in [0.25, 0.3) is 0 Å². The van der Waals surface area contributed by atoms with E-state index in [1.165, 1.54) is 12.8 Å². The minimum Gasteiger partial charge on any atom is -0.317 e. The van der Waals surface area contributed by atoms with Gasteiger partial charge in [-0.3, -0.25) is 4.99 Å². The molecule has 1 aliphatic rings. The third-order valence-electron chi connectivity index (χ3n) is 3.06. The topological polar surface area (TPSA) is 53.8 Å². The number of nitrogens with zero attached hydrogens (tertiary/aromatic N) is 2. The molecule has 1 fully saturated rings. The zero-order valence-corrected chi connectivity index (χ0v) is 9.80. The van der Waals surface area contributed by atoms with Gasteiger partial charge in [0, 0.05) is 12.8 Å². The average Bonchev–Trinajstić information content (AvgIpc) is 2.41. The maximum absolute atomic E-state index is 10.2. The Balaban J connectivity index is 1.84. The molecule has 0 aliphatic carbocycles. The molecule has 1 aromatic carbocycles. The second-order valence-electron chi connectivity index (χ2n) is 4.37. The molecule has 0 aromatic heterocycles. The number of benzene rings is 1. The first-order chi connectivity index (χ1) is 8.38. The molecule has 2 rings (SSSR count). The third kappa shape index (κ3) is 3.75. The van der Waals surface area contributed by atoms with Crippen LogP contribution in [-0.2, 0) is 0 Å². The molecule has 0 spiro atoms. The fraction of sp³-hybridized carbons (Fsp3) is 0.462. The van der Waals surface area contributed by atoms with E-state index in [1.807, 2.05) is 18.3 Å². The van der Waals surface area contributed by atoms with E-state index < -0.39 is 0 Å². The summed E-state index contributed by atoms with van der Waals surface area (Å²) in [6.45, 7) is 3.12. The average molecular weight is 231 g/mol. The van der Waals surface area contributed by atoms with Gasteiger partial charge in [0.25, 0.3) is 0 Å². The van der Waals surface area contributed by atoms with Crippen LogP contribution in [0, 0.1) is 10.8 Å². The number of hydrogen-bond donors (Lipinski definition) is 1. The lowest BCUT2D eigenvalue weighted by molar-refractivity contribution is 0.383. The Hall–Kier alpha value is -1.55. The molecule has 4 nitrogen and oxygen atoms in total. The van der Waals surface area contributed by atoms with Crippen molar-refractivity contribution < 1.29 is 0 Å². The van der Waals surface area contributed by atoms with Gasteiger partial charge >= 0.3 is 0 Å². The highest BCUT2D eigenvalue weighted by Crippen LogP contribution is 2.13. The molecule has 1 saturated heterocycles. The van der Waals surface area contributed by atoms with E-state index in [2.05, 4.69) is 15.5 Å². The van der Waals surface area contributed by atoms with Crippen molar-refractivity contribution in [2.24, 2.45) is 16.1 Å². The van der Waals surface area contributed by atoms with E-state index in [1.54, 1.807) is 12.1 Å². The van der Waals surface area contributed by atoms with Crippen LogP contribution in [0.3, 0.4) is 0 Å². The van der Waals surface area contributed by atoms with Crippen LogP contribution in [0.1, 0.15) is 18.4 Å². The van der Waals surface area contributed by atoms with E-state index in [0.29, 0.717) is 11.6 Å². The highest BCUT2D eigenvalue weighted by Gasteiger charge is 2.11. The largest absolute Gasteiger partial charge is 0.317 e. The van der Waals surface area contributed by atoms with Crippen molar-refractivity contribution in [1.29, 1.82) is 0 Å². The van der Waals surface area contributed by atoms with Crippen LogP contribution in [0.5, 0.6) is 0 Å². The Morgan fingerprint density at radius 3 is 2.59 bits per heavy atom. The van der Waals surface area contributed by atoms with Crippen molar-refractivity contribution in [3.63, 3.8) is 0 Å². The molecule has 1 heterocycles. The second kappa shape index (κ2) is 6.25. The van der Waals surface area contributed by atoms with E-state index in [9.17, 15) is 4.91 Å². The quantitative estimate of drug-likeness (QED) is 0.639. The number of rotatable bonds is 4. The van der Waals surface area contributed by atoms with E-state index in [0.717, 1.165) is 25.2 Å². The fourth-order valence-corrected chi connectivity index (χ4v) is 1.99. The highest BCUT2D eigenvalue weighted by atomic mass is 16.3. The molecule has 90 valence electrons. The molecular weight excluding hydrogens is 214 g/mol. The summed E-state index contributed by atoms with van der Waals surface area (Å²) in [5.74, 6) is 0.711. The van der Waals surface area contributed by atoms with Gasteiger partial charge in [0.1, 0.15) is 5.69 Å². The number of piperidine rings is 1. The molecule has 0 radical (unpaired) electrons. The summed E-state index contributed by atoms with van der Waals surface area (Å²) < 4.78 is 0. The predicted octanol–water partition coefficient (Wildman–Crippen LogP) is 2.50. The van der Waals surface area contributed by atoms with E-state index in [4.69, 9.17) is 0 Å². The zero-order chi connectivity index (χ0) is 11.9. The van der Waals surface area contributed by atoms with Gasteiger partial charge < -0.3 is 5.32 Å². The summed E-state index contributed by atoms with van der Waals surface area (Å²) in [4.78, 5) is 14.7. The molecule has 0 saturated carbocycles. The van der Waals surface area contributed by atoms with Gasteiger partial charge in [0.2, 0.25) is 0 Å². The van der Waals surface area contributed by atoms with Crippen molar-refractivity contribution in [2.75, 3.05) is 19.6 Å². The Kier molecular flexibility index (Phi) is 4.38. The van der Waals surface area contributed by atoms with Gasteiger partial charge in [-0.05, 0) is 54.7 Å². The molecule has 0 amide bonds. The summed E-state index contributed by atoms with van der Waals surface area (Å²) in [6.07, 6.45) is 4.30. The van der Waals surface area contributed by atoms with Crippen LogP contribution >= 0.6 is 0 Å². The summed E-state index contributed by atoms with van der Waals surface area (Å²) >= 11 is 0. The van der Waals surface area contributed by atoms with Crippen LogP contribution in [-0.4, -0.2) is 25.8 Å². The molecule has 1 aliphatic heterocycles. The zero-order valence-electron chi connectivity index (χ0n) is 9.80. The lowest BCUT2D eigenvalue weighted by Crippen LogP contribution is -2.28. The molecule has 0 atom stereocenters. The molecule has 0 unspecified atom stereocenters. The van der Waals surface area contributed by atoms with Crippen LogP contribution in [0.15, 0.2) is 34.4 Å². The lowest BCUT2D eigenvalue weighted by atomic mass is 9.98. The van der Waals surface area contributed by atoms with Crippen molar-refractivity contribution >= 4 is 11.9 Å². The Bertz CT molecular complexity index is 380. The van der Waals surface area contributed by atoms with Gasteiger partial charge in [0.05, 0.1) is 0 Å². The first-order valence-corrected chi connectivity index (χ1v) is 6.02. The normalized spacial score (nSPS) is 17.4. The standard InChI is InChI=1S/C13H17N3O/c17-16-13-3-1-11(2-4-13)9-15-10-12-5-7-14-8-6-12/h1-4,9,12,14H,5-8,10H2. The van der Waals surface area contributed by atoms with Gasteiger partial charge in [0.15, 0.2) is 0 Å². The van der Waals surface area contributed by atoms with Crippen molar-refractivity contribution in [1.82, 2.24) is 5.32 Å². The minimum absolute atomic E-state index is 0.459. The van der Waals surface area contributed by atoms with Gasteiger partial charge in [-0.25, -0.2) is 0 Å². The summed E-state index contributed by atoms with van der Waals surface area (Å²) in [5.41, 5.74) is 1.48. The van der Waals surface area contributed by atoms with Crippen LogP contribution in [0.2, 0.25) is 0 Å². The third-order valence-corrected chi connectivity index (χ3v) is 3.06. The summed E-state index contributed by atoms with van der Waals surface area (Å²) in [6, 6.07) is 7.14. The van der Waals surface area contributed by atoms with Gasteiger partial charge in [-0.15, -0.1) is 4.91 Å². The molecule has 17 heavy (non-hydrogen) atoms. The van der Waals surface area contributed by atoms with E-state index >= 15 is 0 Å². The minimum atomic E-state index is 0.459. The smallest absolute Gasteiger partial charge is 0.108 e. The number of nitroso groups, excluding NO2 is 1. The summed E-state index contributed by atoms with van der Waals surface area (Å²) in [7, 11) is 0. The predicted molar refractivity (Wildman–Crippen MR) is 70.0 cm³/mol. The Morgan fingerprint density at radius 1 is 1.24 bits per heavy atom. The second-order valence-corrected chi connectivity index (χ2v) is 4.37. The van der Waals surface area contributed by atoms with Crippen LogP contribution < -0.4 is 5.32 Å². The monoisotopic (exact) mass is 231 g/mol. The molecule has 0 bridgehead atoms. The first-order valence-electron chi connectivity index (χ1n) is 6.02. The number of aliphatic imine (C=N–C) groups is 1. The van der Waals surface area contributed by atoms with Crippen molar-refractivity contribution in [3.05, 3.63) is 34.7 Å². The van der Waals surface area contributed by atoms with Gasteiger partial charge in [-0.1, -0.05) is 12.1 Å². The summed E-state index contributed by atoms with van der Waals surface area (Å²) in [5, 5.41) is 6.21. The lowest BCUT2D eigenvalue weighted by Gasteiger charge is -2.20. The SMILES string of the molecule is O=Nc1ccc(C=NCC2CCNCC2)cc1. The molecule has 1 N–H and O–H groups in total. The maximum atomic E-state index is 10.2. The fourth-order valence-electron chi connectivity index (χ4n) is 1.99. The van der Waals surface area contributed by atoms with Gasteiger partial charge in [-0.2, -0.15) is 0 Å².